The van der Waals surface area contributed by atoms with E-state index in [0.717, 1.165) is 0 Å². The van der Waals surface area contributed by atoms with Crippen molar-refractivity contribution in [2.45, 2.75) is 19.3 Å². The molecule has 0 N–H and O–H groups in total. The first-order valence-corrected chi connectivity index (χ1v) is 5.37. The first-order chi connectivity index (χ1) is 8.19. The van der Waals surface area contributed by atoms with Crippen molar-refractivity contribution in [2.24, 2.45) is 17.2 Å². The minimum absolute atomic E-state index is 0.00963. The van der Waals surface area contributed by atoms with Crippen molar-refractivity contribution >= 4 is 11.9 Å². The van der Waals surface area contributed by atoms with Crippen LogP contribution in [0.15, 0.2) is 5.34 Å². The molecular formula is C10H15NO6. The molecule has 1 atom stereocenters. The highest BCUT2D eigenvalue weighted by atomic mass is 16.7. The second kappa shape index (κ2) is 6.95. The lowest BCUT2D eigenvalue weighted by Crippen LogP contribution is -2.31. The number of rotatable bonds is 5. The van der Waals surface area contributed by atoms with Crippen LogP contribution in [0.1, 0.15) is 19.3 Å². The molecule has 0 radical (unpaired) electrons. The Labute approximate surface area is 98.3 Å². The zero-order valence-corrected chi connectivity index (χ0v) is 9.59. The maximum atomic E-state index is 11.6. The maximum absolute atomic E-state index is 11.6. The van der Waals surface area contributed by atoms with Gasteiger partial charge in [0.15, 0.2) is 5.34 Å². The van der Waals surface area contributed by atoms with Crippen molar-refractivity contribution in [1.82, 2.24) is 0 Å². The molecule has 7 heteroatoms. The Morgan fingerprint density at radius 1 is 1.41 bits per heavy atom. The van der Waals surface area contributed by atoms with Gasteiger partial charge in [0.05, 0.1) is 19.4 Å². The molecule has 1 aliphatic heterocycles. The fraction of sp³-hybridized carbons (Fsp3) is 0.800. The molecule has 1 saturated heterocycles. The molecule has 0 bridgehead atoms. The number of esters is 1. The fourth-order valence-electron chi connectivity index (χ4n) is 1.97. The van der Waals surface area contributed by atoms with Crippen LogP contribution in [0.5, 0.6) is 0 Å². The van der Waals surface area contributed by atoms with E-state index in [0.29, 0.717) is 26.1 Å². The summed E-state index contributed by atoms with van der Waals surface area (Å²) >= 11 is 0. The molecule has 0 saturated carbocycles. The molecule has 0 spiro atoms. The lowest BCUT2D eigenvalue weighted by Gasteiger charge is -2.27. The van der Waals surface area contributed by atoms with Crippen molar-refractivity contribution in [3.8, 4) is 0 Å². The number of carbonyl (C=O) groups is 2. The Morgan fingerprint density at radius 3 is 2.59 bits per heavy atom. The second-order valence-corrected chi connectivity index (χ2v) is 3.82. The van der Waals surface area contributed by atoms with E-state index >= 15 is 0 Å². The van der Waals surface area contributed by atoms with E-state index in [9.17, 15) is 14.5 Å². The Hall–Kier alpha value is -1.50. The summed E-state index contributed by atoms with van der Waals surface area (Å²) in [5, 5.41) is 2.04. The van der Waals surface area contributed by atoms with Gasteiger partial charge in [-0.2, -0.15) is 0 Å². The van der Waals surface area contributed by atoms with Crippen LogP contribution in [0.3, 0.4) is 0 Å². The van der Waals surface area contributed by atoms with Crippen molar-refractivity contribution in [3.63, 3.8) is 0 Å². The minimum atomic E-state index is -0.818. The predicted octanol–water partition coefficient (Wildman–Crippen LogP) is 0.817. The summed E-state index contributed by atoms with van der Waals surface area (Å²) in [6, 6.07) is 0. The largest absolute Gasteiger partial charge is 0.469 e. The van der Waals surface area contributed by atoms with E-state index < -0.39 is 17.9 Å². The topological polar surface area (TPSA) is 91.3 Å². The van der Waals surface area contributed by atoms with Gasteiger partial charge in [0.1, 0.15) is 0 Å². The van der Waals surface area contributed by atoms with Crippen molar-refractivity contribution in [3.05, 3.63) is 4.91 Å². The van der Waals surface area contributed by atoms with Gasteiger partial charge in [0.2, 0.25) is 0 Å². The van der Waals surface area contributed by atoms with Gasteiger partial charge in [-0.3, -0.25) is 9.63 Å². The quantitative estimate of drug-likeness (QED) is 0.404. The fourth-order valence-corrected chi connectivity index (χ4v) is 1.97. The van der Waals surface area contributed by atoms with Crippen molar-refractivity contribution < 1.29 is 23.9 Å². The van der Waals surface area contributed by atoms with Gasteiger partial charge in [-0.05, 0) is 18.8 Å². The Balaban J connectivity index is 2.61. The molecular weight excluding hydrogens is 230 g/mol. The Morgan fingerprint density at radius 2 is 2.06 bits per heavy atom. The lowest BCUT2D eigenvalue weighted by molar-refractivity contribution is -0.156. The van der Waals surface area contributed by atoms with E-state index in [2.05, 4.69) is 9.57 Å². The summed E-state index contributed by atoms with van der Waals surface area (Å²) in [6.07, 6.45) is 1.17. The summed E-state index contributed by atoms with van der Waals surface area (Å²) in [4.78, 5) is 36.5. The summed E-state index contributed by atoms with van der Waals surface area (Å²) in [6.45, 7) is 1.11. The zero-order valence-electron chi connectivity index (χ0n) is 9.59. The SMILES string of the molecule is COC(=O)C(CC(=O)ON=O)C1CCOCC1. The van der Waals surface area contributed by atoms with Crippen LogP contribution in [-0.4, -0.2) is 32.3 Å². The van der Waals surface area contributed by atoms with Gasteiger partial charge in [-0.1, -0.05) is 0 Å². The maximum Gasteiger partial charge on any atom is 0.339 e. The normalized spacial score (nSPS) is 18.2. The van der Waals surface area contributed by atoms with E-state index in [1.807, 2.05) is 5.34 Å². The van der Waals surface area contributed by atoms with Crippen molar-refractivity contribution in [1.29, 1.82) is 0 Å². The average molecular weight is 245 g/mol. The molecule has 0 aromatic carbocycles. The number of hydrogen-bond acceptors (Lipinski definition) is 7. The van der Waals surface area contributed by atoms with Crippen LogP contribution in [0.2, 0.25) is 0 Å². The predicted molar refractivity (Wildman–Crippen MR) is 55.6 cm³/mol. The third kappa shape index (κ3) is 4.10. The summed E-state index contributed by atoms with van der Waals surface area (Å²) < 4.78 is 9.83. The first kappa shape index (κ1) is 13.6. The van der Waals surface area contributed by atoms with Gasteiger partial charge in [-0.15, -0.1) is 4.91 Å². The van der Waals surface area contributed by atoms with Gasteiger partial charge in [0.25, 0.3) is 0 Å². The molecule has 1 rings (SSSR count). The van der Waals surface area contributed by atoms with Crippen LogP contribution < -0.4 is 0 Å². The molecule has 0 amide bonds. The molecule has 1 unspecified atom stereocenters. The van der Waals surface area contributed by atoms with Crippen LogP contribution in [-0.2, 0) is 23.9 Å². The van der Waals surface area contributed by atoms with Gasteiger partial charge >= 0.3 is 11.9 Å². The van der Waals surface area contributed by atoms with E-state index in [-0.39, 0.29) is 12.3 Å². The molecule has 7 nitrogen and oxygen atoms in total. The highest BCUT2D eigenvalue weighted by molar-refractivity contribution is 5.80. The van der Waals surface area contributed by atoms with E-state index in [1.54, 1.807) is 0 Å². The molecule has 0 aromatic heterocycles. The number of nitrogens with zero attached hydrogens (tertiary/aromatic N) is 1. The number of methoxy groups -OCH3 is 1. The number of hydrogen-bond donors (Lipinski definition) is 0. The molecule has 0 aliphatic carbocycles. The summed E-state index contributed by atoms with van der Waals surface area (Å²) in [7, 11) is 1.26. The summed E-state index contributed by atoms with van der Waals surface area (Å²) in [5.41, 5.74) is 0. The number of carbonyl (C=O) groups excluding carboxylic acids is 2. The van der Waals surface area contributed by atoms with Crippen LogP contribution in [0.4, 0.5) is 0 Å². The minimum Gasteiger partial charge on any atom is -0.469 e. The summed E-state index contributed by atoms with van der Waals surface area (Å²) in [5.74, 6) is -1.88. The van der Waals surface area contributed by atoms with Crippen LogP contribution in [0.25, 0.3) is 0 Å². The van der Waals surface area contributed by atoms with Gasteiger partial charge in [-0.25, -0.2) is 4.79 Å². The molecule has 17 heavy (non-hydrogen) atoms. The van der Waals surface area contributed by atoms with E-state index in [1.165, 1.54) is 7.11 Å². The van der Waals surface area contributed by atoms with Gasteiger partial charge < -0.3 is 9.47 Å². The third-order valence-corrected chi connectivity index (χ3v) is 2.86. The molecule has 1 heterocycles. The highest BCUT2D eigenvalue weighted by Crippen LogP contribution is 2.27. The van der Waals surface area contributed by atoms with Gasteiger partial charge in [0, 0.05) is 13.2 Å². The Bertz CT molecular complexity index is 287. The molecule has 1 aliphatic rings. The van der Waals surface area contributed by atoms with Crippen LogP contribution in [0, 0.1) is 16.7 Å². The molecule has 1 fully saturated rings. The Kier molecular flexibility index (Phi) is 5.55. The standard InChI is InChI=1S/C10H15NO6/c1-15-10(13)8(6-9(12)17-11-14)7-2-4-16-5-3-7/h7-8H,2-6H2,1H3. The molecule has 96 valence electrons. The monoisotopic (exact) mass is 245 g/mol. The average Bonchev–Trinajstić information content (AvgIpc) is 2.36. The molecule has 0 aromatic rings. The van der Waals surface area contributed by atoms with Crippen molar-refractivity contribution in [2.75, 3.05) is 20.3 Å². The van der Waals surface area contributed by atoms with E-state index in [4.69, 9.17) is 4.74 Å². The second-order valence-electron chi connectivity index (χ2n) is 3.82. The number of ether oxygens (including phenoxy) is 2. The highest BCUT2D eigenvalue weighted by Gasteiger charge is 2.33. The third-order valence-electron chi connectivity index (χ3n) is 2.86. The lowest BCUT2D eigenvalue weighted by atomic mass is 9.84. The smallest absolute Gasteiger partial charge is 0.339 e. The first-order valence-electron chi connectivity index (χ1n) is 5.37. The zero-order chi connectivity index (χ0) is 12.7. The van der Waals surface area contributed by atoms with Crippen LogP contribution >= 0.6 is 0 Å².